The van der Waals surface area contributed by atoms with Crippen LogP contribution in [0.25, 0.3) is 27.9 Å². The van der Waals surface area contributed by atoms with Gasteiger partial charge in [-0.2, -0.15) is 0 Å². The van der Waals surface area contributed by atoms with Crippen molar-refractivity contribution in [3.8, 4) is 17.1 Å². The molecule has 0 bridgehead atoms. The van der Waals surface area contributed by atoms with Crippen LogP contribution in [0.3, 0.4) is 0 Å². The number of hydrogen-bond acceptors (Lipinski definition) is 4. The van der Waals surface area contributed by atoms with Gasteiger partial charge >= 0.3 is 5.97 Å². The van der Waals surface area contributed by atoms with E-state index >= 15 is 0 Å². The highest BCUT2D eigenvalue weighted by Gasteiger charge is 2.30. The van der Waals surface area contributed by atoms with Gasteiger partial charge in [0.2, 0.25) is 0 Å². The Morgan fingerprint density at radius 3 is 2.73 bits per heavy atom. The second-order valence-electron chi connectivity index (χ2n) is 6.55. The van der Waals surface area contributed by atoms with Crippen molar-refractivity contribution in [2.45, 2.75) is 13.3 Å². The molecule has 1 heterocycles. The van der Waals surface area contributed by atoms with Crippen molar-refractivity contribution in [3.05, 3.63) is 69.9 Å². The van der Waals surface area contributed by atoms with Crippen molar-refractivity contribution in [2.24, 2.45) is 5.92 Å². The van der Waals surface area contributed by atoms with E-state index in [-0.39, 0.29) is 11.2 Å². The maximum absolute atomic E-state index is 11.9. The standard InChI is InChI=1S/C21H16O5/c1-11-2-5-14(17(8-11)21(24)25)20-15-6-3-12(22)9-18(15)26-19-10-13(23)4-7-16(19)20/h2-7,9-10,17,22H,8H2,1H3,(H,24,25). The van der Waals surface area contributed by atoms with Crippen LogP contribution in [0.1, 0.15) is 18.9 Å². The van der Waals surface area contributed by atoms with Crippen LogP contribution in [0.5, 0.6) is 5.75 Å². The van der Waals surface area contributed by atoms with Crippen molar-refractivity contribution < 1.29 is 19.4 Å². The minimum absolute atomic E-state index is 0.0352. The molecule has 26 heavy (non-hydrogen) atoms. The summed E-state index contributed by atoms with van der Waals surface area (Å²) in [4.78, 5) is 23.6. The van der Waals surface area contributed by atoms with E-state index in [1.807, 2.05) is 19.1 Å². The van der Waals surface area contributed by atoms with E-state index in [0.29, 0.717) is 34.3 Å². The molecule has 130 valence electrons. The summed E-state index contributed by atoms with van der Waals surface area (Å²) in [6.07, 6.45) is 4.16. The zero-order valence-corrected chi connectivity index (χ0v) is 14.0. The van der Waals surface area contributed by atoms with Crippen molar-refractivity contribution >= 4 is 22.5 Å². The summed E-state index contributed by atoms with van der Waals surface area (Å²) in [7, 11) is 0. The Kier molecular flexibility index (Phi) is 3.65. The summed E-state index contributed by atoms with van der Waals surface area (Å²) in [6.45, 7) is 1.90. The highest BCUT2D eigenvalue weighted by Crippen LogP contribution is 2.43. The van der Waals surface area contributed by atoms with E-state index in [1.165, 1.54) is 24.3 Å². The molecule has 4 rings (SSSR count). The lowest BCUT2D eigenvalue weighted by Crippen LogP contribution is -2.19. The molecule has 0 spiro atoms. The highest BCUT2D eigenvalue weighted by molar-refractivity contribution is 6.03. The van der Waals surface area contributed by atoms with Crippen LogP contribution in [-0.4, -0.2) is 16.2 Å². The molecule has 1 unspecified atom stereocenters. The van der Waals surface area contributed by atoms with Gasteiger partial charge in [-0.25, -0.2) is 0 Å². The van der Waals surface area contributed by atoms with Crippen LogP contribution >= 0.6 is 0 Å². The van der Waals surface area contributed by atoms with Gasteiger partial charge in [0.05, 0.1) is 5.92 Å². The van der Waals surface area contributed by atoms with Crippen molar-refractivity contribution in [1.29, 1.82) is 0 Å². The lowest BCUT2D eigenvalue weighted by Gasteiger charge is -2.24. The monoisotopic (exact) mass is 348 g/mol. The number of carboxylic acid groups (broad SMARTS) is 1. The van der Waals surface area contributed by atoms with Gasteiger partial charge in [-0.1, -0.05) is 17.7 Å². The topological polar surface area (TPSA) is 87.7 Å². The van der Waals surface area contributed by atoms with Gasteiger partial charge in [0.1, 0.15) is 17.1 Å². The first kappa shape index (κ1) is 16.1. The zero-order chi connectivity index (χ0) is 18.4. The number of hydrogen-bond donors (Lipinski definition) is 2. The van der Waals surface area contributed by atoms with Crippen LogP contribution in [0, 0.1) is 5.92 Å². The molecule has 5 heteroatoms. The highest BCUT2D eigenvalue weighted by atomic mass is 16.4. The van der Waals surface area contributed by atoms with Gasteiger partial charge in [0.15, 0.2) is 5.43 Å². The van der Waals surface area contributed by atoms with E-state index in [1.54, 1.807) is 12.1 Å². The molecule has 1 atom stereocenters. The van der Waals surface area contributed by atoms with Crippen molar-refractivity contribution in [1.82, 2.24) is 0 Å². The molecule has 2 aliphatic carbocycles. The minimum atomic E-state index is -0.898. The van der Waals surface area contributed by atoms with E-state index in [2.05, 4.69) is 0 Å². The van der Waals surface area contributed by atoms with E-state index in [9.17, 15) is 19.8 Å². The van der Waals surface area contributed by atoms with Crippen LogP contribution < -0.4 is 5.43 Å². The first-order valence-electron chi connectivity index (χ1n) is 8.24. The van der Waals surface area contributed by atoms with Crippen molar-refractivity contribution in [3.63, 3.8) is 0 Å². The summed E-state index contributed by atoms with van der Waals surface area (Å²) in [5.74, 6) is -1.19. The molecular weight excluding hydrogens is 332 g/mol. The number of allylic oxidation sites excluding steroid dienone is 3. The van der Waals surface area contributed by atoms with E-state index in [0.717, 1.165) is 11.1 Å². The SMILES string of the molecule is CC1=CC=C(c2c3ccc(=O)cc-3oc3cc(O)ccc23)C(C(=O)O)C1. The average Bonchev–Trinajstić information content (AvgIpc) is 2.59. The number of carbonyl (C=O) groups is 1. The second kappa shape index (κ2) is 5.88. The molecule has 1 aromatic carbocycles. The first-order chi connectivity index (χ1) is 12.4. The molecule has 3 aliphatic rings. The van der Waals surface area contributed by atoms with Crippen LogP contribution in [0.4, 0.5) is 0 Å². The number of carboxylic acids is 1. The quantitative estimate of drug-likeness (QED) is 0.683. The third-order valence-corrected chi connectivity index (χ3v) is 4.71. The Labute approximate surface area is 148 Å². The van der Waals surface area contributed by atoms with Gasteiger partial charge < -0.3 is 14.6 Å². The third kappa shape index (κ3) is 2.58. The minimum Gasteiger partial charge on any atom is -0.508 e. The summed E-state index contributed by atoms with van der Waals surface area (Å²) in [6, 6.07) is 9.19. The van der Waals surface area contributed by atoms with Gasteiger partial charge in [-0.05, 0) is 43.2 Å². The molecule has 1 aromatic rings. The normalized spacial score (nSPS) is 17.2. The first-order valence-corrected chi connectivity index (χ1v) is 8.24. The molecule has 1 aliphatic heterocycles. The average molecular weight is 348 g/mol. The Balaban J connectivity index is 2.13. The largest absolute Gasteiger partial charge is 0.508 e. The molecule has 0 aromatic heterocycles. The fraction of sp³-hybridized carbons (Fsp3) is 0.143. The molecule has 0 saturated heterocycles. The number of aliphatic carboxylic acids is 1. The smallest absolute Gasteiger partial charge is 0.311 e. The lowest BCUT2D eigenvalue weighted by atomic mass is 9.80. The summed E-state index contributed by atoms with van der Waals surface area (Å²) in [5.41, 5.74) is 3.25. The number of fused-ring (bicyclic) bond motifs is 2. The fourth-order valence-corrected chi connectivity index (χ4v) is 3.50. The number of rotatable bonds is 2. The maximum atomic E-state index is 11.9. The molecule has 0 radical (unpaired) electrons. The van der Waals surface area contributed by atoms with Crippen LogP contribution in [0.15, 0.2) is 63.3 Å². The Hall–Kier alpha value is -3.34. The second-order valence-corrected chi connectivity index (χ2v) is 6.55. The number of phenols is 1. The van der Waals surface area contributed by atoms with E-state index < -0.39 is 11.9 Å². The predicted octanol–water partition coefficient (Wildman–Crippen LogP) is 4.04. The molecule has 2 N–H and O–H groups in total. The molecular formula is C21H16O5. The molecule has 0 fully saturated rings. The van der Waals surface area contributed by atoms with Gasteiger partial charge in [-0.15, -0.1) is 0 Å². The summed E-state index contributed by atoms with van der Waals surface area (Å²) in [5, 5.41) is 20.2. The van der Waals surface area contributed by atoms with Gasteiger partial charge in [0.25, 0.3) is 0 Å². The Morgan fingerprint density at radius 2 is 1.96 bits per heavy atom. The number of phenolic OH excluding ortho intramolecular Hbond substituents is 1. The molecule has 0 saturated carbocycles. The molecule has 0 amide bonds. The summed E-state index contributed by atoms with van der Waals surface area (Å²) < 4.78 is 5.81. The third-order valence-electron chi connectivity index (χ3n) is 4.71. The van der Waals surface area contributed by atoms with Gasteiger partial charge in [0, 0.05) is 28.6 Å². The lowest BCUT2D eigenvalue weighted by molar-refractivity contribution is -0.139. The zero-order valence-electron chi connectivity index (χ0n) is 14.0. The maximum Gasteiger partial charge on any atom is 0.311 e. The van der Waals surface area contributed by atoms with Gasteiger partial charge in [-0.3, -0.25) is 9.59 Å². The number of benzene rings is 2. The van der Waals surface area contributed by atoms with E-state index in [4.69, 9.17) is 4.42 Å². The van der Waals surface area contributed by atoms with Crippen LogP contribution in [-0.2, 0) is 4.79 Å². The van der Waals surface area contributed by atoms with Crippen LogP contribution in [0.2, 0.25) is 0 Å². The fourth-order valence-electron chi connectivity index (χ4n) is 3.50. The van der Waals surface area contributed by atoms with Crippen molar-refractivity contribution in [2.75, 3.05) is 0 Å². The number of aromatic hydroxyl groups is 1. The Morgan fingerprint density at radius 1 is 1.15 bits per heavy atom. The Bertz CT molecular complexity index is 1130. The summed E-state index contributed by atoms with van der Waals surface area (Å²) >= 11 is 0. The molecule has 5 nitrogen and oxygen atoms in total. The predicted molar refractivity (Wildman–Crippen MR) is 98.2 cm³/mol.